The Morgan fingerprint density at radius 2 is 2.00 bits per heavy atom. The maximum Gasteiger partial charge on any atom is 0.246 e. The number of pyridine rings is 1. The van der Waals surface area contributed by atoms with Crippen molar-refractivity contribution >= 4 is 17.6 Å². The van der Waals surface area contributed by atoms with E-state index in [1.54, 1.807) is 19.1 Å². The molecule has 0 saturated carbocycles. The molecule has 2 amide bonds. The van der Waals surface area contributed by atoms with Crippen molar-refractivity contribution in [3.63, 3.8) is 0 Å². The summed E-state index contributed by atoms with van der Waals surface area (Å²) in [4.78, 5) is 28.2. The van der Waals surface area contributed by atoms with Crippen molar-refractivity contribution in [3.8, 4) is 6.07 Å². The van der Waals surface area contributed by atoms with Crippen molar-refractivity contribution in [1.29, 1.82) is 5.26 Å². The maximum absolute atomic E-state index is 11.3. The largest absolute Gasteiger partial charge is 0.337 e. The molecule has 2 rings (SSSR count). The van der Waals surface area contributed by atoms with Crippen LogP contribution in [0.15, 0.2) is 12.1 Å². The lowest BCUT2D eigenvalue weighted by Gasteiger charge is -2.27. The number of carbonyl (C=O) groups is 2. The highest BCUT2D eigenvalue weighted by Crippen LogP contribution is 2.18. The Bertz CT molecular complexity index is 517. The van der Waals surface area contributed by atoms with Gasteiger partial charge in [0.05, 0.1) is 18.7 Å². The first kappa shape index (κ1) is 11.1. The minimum Gasteiger partial charge on any atom is -0.337 e. The molecule has 2 heterocycles. The summed E-state index contributed by atoms with van der Waals surface area (Å²) in [6, 6.07) is 5.35. The molecule has 6 heteroatoms. The fraction of sp³-hybridized carbons (Fsp3) is 0.273. The Hall–Kier alpha value is -2.42. The molecule has 0 bridgehead atoms. The van der Waals surface area contributed by atoms with E-state index in [0.29, 0.717) is 11.4 Å². The van der Waals surface area contributed by atoms with Crippen molar-refractivity contribution in [2.75, 3.05) is 18.0 Å². The quantitative estimate of drug-likeness (QED) is 0.671. The van der Waals surface area contributed by atoms with Gasteiger partial charge < -0.3 is 4.90 Å². The van der Waals surface area contributed by atoms with Crippen molar-refractivity contribution < 1.29 is 9.59 Å². The van der Waals surface area contributed by atoms with E-state index in [2.05, 4.69) is 10.3 Å². The van der Waals surface area contributed by atoms with Crippen molar-refractivity contribution in [2.24, 2.45) is 0 Å². The number of nitrogens with one attached hydrogen (secondary N) is 1. The number of piperazine rings is 1. The number of aryl methyl sites for hydroxylation is 1. The first-order valence-electron chi connectivity index (χ1n) is 5.05. The molecular weight excluding hydrogens is 220 g/mol. The average Bonchev–Trinajstić information content (AvgIpc) is 2.27. The van der Waals surface area contributed by atoms with Gasteiger partial charge >= 0.3 is 0 Å². The summed E-state index contributed by atoms with van der Waals surface area (Å²) in [5, 5.41) is 11.2. The van der Waals surface area contributed by atoms with E-state index in [1.807, 2.05) is 6.07 Å². The smallest absolute Gasteiger partial charge is 0.246 e. The molecule has 1 aromatic rings. The molecule has 0 spiro atoms. The lowest BCUT2D eigenvalue weighted by molar-refractivity contribution is -0.130. The Balaban J connectivity index is 2.39. The third-order valence-corrected chi connectivity index (χ3v) is 2.38. The average molecular weight is 230 g/mol. The normalized spacial score (nSPS) is 15.4. The summed E-state index contributed by atoms with van der Waals surface area (Å²) in [6.45, 7) is 1.87. The first-order chi connectivity index (χ1) is 8.10. The number of rotatable bonds is 1. The van der Waals surface area contributed by atoms with E-state index < -0.39 is 0 Å². The number of hydrogen-bond acceptors (Lipinski definition) is 5. The van der Waals surface area contributed by atoms with Crippen LogP contribution in [0.25, 0.3) is 0 Å². The van der Waals surface area contributed by atoms with Gasteiger partial charge in [0.2, 0.25) is 11.8 Å². The number of aromatic nitrogens is 1. The van der Waals surface area contributed by atoms with Crippen LogP contribution in [0, 0.1) is 18.3 Å². The molecule has 0 aliphatic carbocycles. The molecule has 0 unspecified atom stereocenters. The summed E-state index contributed by atoms with van der Waals surface area (Å²) >= 11 is 0. The van der Waals surface area contributed by atoms with Crippen LogP contribution >= 0.6 is 0 Å². The third kappa shape index (κ3) is 2.23. The summed E-state index contributed by atoms with van der Waals surface area (Å²) in [7, 11) is 0. The van der Waals surface area contributed by atoms with Crippen LogP contribution in [0.4, 0.5) is 5.82 Å². The highest BCUT2D eigenvalue weighted by molar-refractivity contribution is 6.02. The van der Waals surface area contributed by atoms with Gasteiger partial charge in [-0.2, -0.15) is 5.26 Å². The fourth-order valence-corrected chi connectivity index (χ4v) is 1.66. The molecule has 17 heavy (non-hydrogen) atoms. The number of imide groups is 1. The Morgan fingerprint density at radius 1 is 1.35 bits per heavy atom. The molecule has 0 aromatic carbocycles. The zero-order valence-electron chi connectivity index (χ0n) is 9.23. The van der Waals surface area contributed by atoms with Crippen LogP contribution in [-0.4, -0.2) is 29.9 Å². The molecule has 1 aliphatic heterocycles. The van der Waals surface area contributed by atoms with Gasteiger partial charge in [0.15, 0.2) is 0 Å². The molecule has 0 atom stereocenters. The highest BCUT2D eigenvalue weighted by Gasteiger charge is 2.25. The van der Waals surface area contributed by atoms with Gasteiger partial charge in [0.1, 0.15) is 11.9 Å². The lowest BCUT2D eigenvalue weighted by Crippen LogP contribution is -2.52. The molecule has 1 aromatic heterocycles. The predicted molar refractivity (Wildman–Crippen MR) is 59.1 cm³/mol. The molecule has 1 saturated heterocycles. The standard InChI is InChI=1S/C11H10N4O2/c1-7-2-3-8(4-12)11(13-7)15-5-9(16)14-10(17)6-15/h2-3H,5-6H2,1H3,(H,14,16,17). The number of nitriles is 1. The van der Waals surface area contributed by atoms with Gasteiger partial charge in [0, 0.05) is 5.69 Å². The first-order valence-corrected chi connectivity index (χ1v) is 5.05. The van der Waals surface area contributed by atoms with Crippen molar-refractivity contribution in [3.05, 3.63) is 23.4 Å². The van der Waals surface area contributed by atoms with Gasteiger partial charge in [0.25, 0.3) is 0 Å². The lowest BCUT2D eigenvalue weighted by atomic mass is 10.2. The minimum absolute atomic E-state index is 0.0386. The zero-order valence-corrected chi connectivity index (χ0v) is 9.23. The second-order valence-electron chi connectivity index (χ2n) is 3.76. The SMILES string of the molecule is Cc1ccc(C#N)c(N2CC(=O)NC(=O)C2)n1. The second-order valence-corrected chi connectivity index (χ2v) is 3.76. The van der Waals surface area contributed by atoms with Crippen LogP contribution in [0.3, 0.4) is 0 Å². The Labute approximate surface area is 97.9 Å². The van der Waals surface area contributed by atoms with Crippen molar-refractivity contribution in [1.82, 2.24) is 10.3 Å². The molecule has 0 radical (unpaired) electrons. The van der Waals surface area contributed by atoms with E-state index in [1.165, 1.54) is 4.90 Å². The van der Waals surface area contributed by atoms with Crippen LogP contribution in [0.2, 0.25) is 0 Å². The van der Waals surface area contributed by atoms with Crippen LogP contribution in [0.1, 0.15) is 11.3 Å². The topological polar surface area (TPSA) is 86.1 Å². The van der Waals surface area contributed by atoms with Gasteiger partial charge in [-0.1, -0.05) is 0 Å². The summed E-state index contributed by atoms with van der Waals surface area (Å²) in [6.07, 6.45) is 0. The molecule has 1 aliphatic rings. The predicted octanol–water partition coefficient (Wildman–Crippen LogP) is -0.276. The van der Waals surface area contributed by atoms with Crippen LogP contribution in [-0.2, 0) is 9.59 Å². The number of amides is 2. The van der Waals surface area contributed by atoms with E-state index in [9.17, 15) is 9.59 Å². The van der Waals surface area contributed by atoms with E-state index in [4.69, 9.17) is 5.26 Å². The van der Waals surface area contributed by atoms with Crippen LogP contribution in [0.5, 0.6) is 0 Å². The van der Waals surface area contributed by atoms with Gasteiger partial charge in [-0.05, 0) is 19.1 Å². The van der Waals surface area contributed by atoms with E-state index >= 15 is 0 Å². The fourth-order valence-electron chi connectivity index (χ4n) is 1.66. The molecule has 1 fully saturated rings. The number of hydrogen-bond donors (Lipinski definition) is 1. The van der Waals surface area contributed by atoms with Crippen LogP contribution < -0.4 is 10.2 Å². The van der Waals surface area contributed by atoms with Gasteiger partial charge in [-0.15, -0.1) is 0 Å². The van der Waals surface area contributed by atoms with Gasteiger partial charge in [-0.25, -0.2) is 4.98 Å². The summed E-state index contributed by atoms with van der Waals surface area (Å²) in [5.74, 6) is -0.377. The zero-order chi connectivity index (χ0) is 12.4. The monoisotopic (exact) mass is 230 g/mol. The number of anilines is 1. The molecule has 86 valence electrons. The minimum atomic E-state index is -0.381. The number of nitrogens with zero attached hydrogens (tertiary/aromatic N) is 3. The Kier molecular flexibility index (Phi) is 2.75. The van der Waals surface area contributed by atoms with Crippen molar-refractivity contribution in [2.45, 2.75) is 6.92 Å². The third-order valence-electron chi connectivity index (χ3n) is 2.38. The summed E-state index contributed by atoms with van der Waals surface area (Å²) < 4.78 is 0. The molecule has 1 N–H and O–H groups in total. The summed E-state index contributed by atoms with van der Waals surface area (Å²) in [5.41, 5.74) is 1.09. The maximum atomic E-state index is 11.3. The second kappa shape index (κ2) is 4.22. The van der Waals surface area contributed by atoms with Gasteiger partial charge in [-0.3, -0.25) is 14.9 Å². The Morgan fingerprint density at radius 3 is 2.59 bits per heavy atom. The molecule has 6 nitrogen and oxygen atoms in total. The number of carbonyl (C=O) groups excluding carboxylic acids is 2. The van der Waals surface area contributed by atoms with E-state index in [-0.39, 0.29) is 24.9 Å². The molecular formula is C11H10N4O2. The van der Waals surface area contributed by atoms with E-state index in [0.717, 1.165) is 5.69 Å². The highest BCUT2D eigenvalue weighted by atomic mass is 16.2.